The number of aliphatic hydroxyl groups is 1. The first-order chi connectivity index (χ1) is 17.2. The van der Waals surface area contributed by atoms with Crippen molar-refractivity contribution in [1.29, 1.82) is 0 Å². The van der Waals surface area contributed by atoms with Crippen molar-refractivity contribution in [2.75, 3.05) is 13.2 Å². The number of aryl methyl sites for hydroxylation is 1. The molecule has 2 aliphatic rings. The highest BCUT2D eigenvalue weighted by Crippen LogP contribution is 2.43. The van der Waals surface area contributed by atoms with E-state index >= 15 is 0 Å². The van der Waals surface area contributed by atoms with Gasteiger partial charge in [0.25, 0.3) is 0 Å². The molecule has 198 valence electrons. The van der Waals surface area contributed by atoms with Gasteiger partial charge in [-0.2, -0.15) is 0 Å². The van der Waals surface area contributed by atoms with E-state index in [9.17, 15) is 14.7 Å². The Balaban J connectivity index is 1.50. The molecule has 0 aromatic heterocycles. The molecule has 2 fully saturated rings. The molecule has 2 saturated carbocycles. The van der Waals surface area contributed by atoms with Crippen LogP contribution in [0.25, 0.3) is 0 Å². The first-order valence-corrected chi connectivity index (χ1v) is 13.7. The van der Waals surface area contributed by atoms with Gasteiger partial charge in [0, 0.05) is 11.5 Å². The summed E-state index contributed by atoms with van der Waals surface area (Å²) in [4.78, 5) is 24.0. The molecule has 5 heteroatoms. The minimum Gasteiger partial charge on any atom is -0.462 e. The molecular formula is C31H44O5. The van der Waals surface area contributed by atoms with E-state index in [1.807, 2.05) is 0 Å². The maximum atomic E-state index is 12.1. The molecule has 0 heterocycles. The minimum absolute atomic E-state index is 0.0144. The van der Waals surface area contributed by atoms with Crippen LogP contribution in [0.4, 0.5) is 0 Å². The van der Waals surface area contributed by atoms with Crippen LogP contribution in [0.15, 0.2) is 48.6 Å². The molecule has 0 saturated heterocycles. The van der Waals surface area contributed by atoms with Gasteiger partial charge in [-0.15, -0.1) is 0 Å². The van der Waals surface area contributed by atoms with Crippen molar-refractivity contribution < 1.29 is 24.2 Å². The fourth-order valence-electron chi connectivity index (χ4n) is 5.67. The molecule has 0 radical (unpaired) electrons. The summed E-state index contributed by atoms with van der Waals surface area (Å²) in [6, 6.07) is 8.96. The Morgan fingerprint density at radius 2 is 1.47 bits per heavy atom. The summed E-state index contributed by atoms with van der Waals surface area (Å²) in [5.74, 6) is 1.36. The van der Waals surface area contributed by atoms with E-state index in [-0.39, 0.29) is 24.7 Å². The Morgan fingerprint density at radius 1 is 0.917 bits per heavy atom. The zero-order valence-corrected chi connectivity index (χ0v) is 22.2. The lowest BCUT2D eigenvalue weighted by atomic mass is 9.73. The number of hydrogen-bond acceptors (Lipinski definition) is 5. The van der Waals surface area contributed by atoms with Gasteiger partial charge in [0.05, 0.1) is 24.9 Å². The Morgan fingerprint density at radius 3 is 2.03 bits per heavy atom. The highest BCUT2D eigenvalue weighted by atomic mass is 16.5. The highest BCUT2D eigenvalue weighted by molar-refractivity contribution is 5.88. The van der Waals surface area contributed by atoms with Crippen molar-refractivity contribution >= 4 is 11.9 Å². The molecular weight excluding hydrogens is 452 g/mol. The molecule has 0 aliphatic heterocycles. The molecule has 3 rings (SSSR count). The number of aliphatic hydroxyl groups excluding tert-OH is 1. The molecule has 2 atom stereocenters. The van der Waals surface area contributed by atoms with Gasteiger partial charge in [0.15, 0.2) is 0 Å². The lowest BCUT2D eigenvalue weighted by Gasteiger charge is -2.32. The molecule has 1 N–H and O–H groups in total. The predicted molar refractivity (Wildman–Crippen MR) is 142 cm³/mol. The zero-order valence-electron chi connectivity index (χ0n) is 22.2. The Kier molecular flexibility index (Phi) is 10.8. The average Bonchev–Trinajstić information content (AvgIpc) is 3.43. The van der Waals surface area contributed by atoms with E-state index < -0.39 is 18.0 Å². The number of carbonyl (C=O) groups is 2. The number of carbonyl (C=O) groups excluding carboxylic acids is 2. The quantitative estimate of drug-likeness (QED) is 0.272. The van der Waals surface area contributed by atoms with Crippen LogP contribution in [0.2, 0.25) is 0 Å². The molecule has 1 aromatic carbocycles. The van der Waals surface area contributed by atoms with Crippen LogP contribution in [0.1, 0.15) is 88.7 Å². The van der Waals surface area contributed by atoms with Crippen LogP contribution in [-0.2, 0) is 25.5 Å². The third kappa shape index (κ3) is 8.33. The third-order valence-electron chi connectivity index (χ3n) is 8.15. The van der Waals surface area contributed by atoms with E-state index in [2.05, 4.69) is 37.4 Å². The summed E-state index contributed by atoms with van der Waals surface area (Å²) < 4.78 is 10.7. The van der Waals surface area contributed by atoms with Gasteiger partial charge in [-0.05, 0) is 81.3 Å². The van der Waals surface area contributed by atoms with Gasteiger partial charge < -0.3 is 14.6 Å². The van der Waals surface area contributed by atoms with Crippen LogP contribution in [0.3, 0.4) is 0 Å². The van der Waals surface area contributed by atoms with Crippen LogP contribution in [0.5, 0.6) is 0 Å². The van der Waals surface area contributed by atoms with E-state index in [1.54, 1.807) is 6.92 Å². The van der Waals surface area contributed by atoms with E-state index in [4.69, 9.17) is 9.47 Å². The number of esters is 2. The van der Waals surface area contributed by atoms with Gasteiger partial charge in [-0.3, -0.25) is 0 Å². The maximum Gasteiger partial charge on any atom is 0.336 e. The lowest BCUT2D eigenvalue weighted by molar-refractivity contribution is -0.144. The number of benzene rings is 1. The van der Waals surface area contributed by atoms with Crippen molar-refractivity contribution in [2.24, 2.45) is 17.8 Å². The molecule has 0 spiro atoms. The topological polar surface area (TPSA) is 72.8 Å². The fraction of sp³-hybridized carbons (Fsp3) is 0.613. The second-order valence-electron chi connectivity index (χ2n) is 11.0. The number of hydrogen-bond donors (Lipinski definition) is 1. The monoisotopic (exact) mass is 496 g/mol. The second kappa shape index (κ2) is 13.8. The smallest absolute Gasteiger partial charge is 0.336 e. The average molecular weight is 497 g/mol. The summed E-state index contributed by atoms with van der Waals surface area (Å²) in [5, 5.41) is 9.55. The maximum absolute atomic E-state index is 12.1. The van der Waals surface area contributed by atoms with Crippen LogP contribution in [0, 0.1) is 17.8 Å². The van der Waals surface area contributed by atoms with Crippen LogP contribution >= 0.6 is 0 Å². The van der Waals surface area contributed by atoms with Gasteiger partial charge in [0.1, 0.15) is 0 Å². The van der Waals surface area contributed by atoms with Crippen molar-refractivity contribution in [1.82, 2.24) is 0 Å². The van der Waals surface area contributed by atoms with Gasteiger partial charge >= 0.3 is 11.9 Å². The minimum atomic E-state index is -0.964. The molecule has 0 bridgehead atoms. The van der Waals surface area contributed by atoms with Crippen molar-refractivity contribution in [2.45, 2.75) is 90.1 Å². The first kappa shape index (κ1) is 28.2. The van der Waals surface area contributed by atoms with Gasteiger partial charge in [-0.1, -0.05) is 63.1 Å². The fourth-order valence-corrected chi connectivity index (χ4v) is 5.67. The van der Waals surface area contributed by atoms with Crippen LogP contribution < -0.4 is 0 Å². The molecule has 5 nitrogen and oxygen atoms in total. The van der Waals surface area contributed by atoms with Crippen molar-refractivity contribution in [3.63, 3.8) is 0 Å². The number of rotatable bonds is 12. The first-order valence-electron chi connectivity index (χ1n) is 13.7. The normalized spacial score (nSPS) is 22.0. The molecule has 36 heavy (non-hydrogen) atoms. The van der Waals surface area contributed by atoms with Gasteiger partial charge in [0.2, 0.25) is 0 Å². The molecule has 2 unspecified atom stereocenters. The molecule has 0 amide bonds. The zero-order chi connectivity index (χ0) is 26.1. The van der Waals surface area contributed by atoms with E-state index in [0.717, 1.165) is 18.3 Å². The molecule has 2 aliphatic carbocycles. The van der Waals surface area contributed by atoms with Crippen LogP contribution in [-0.4, -0.2) is 36.4 Å². The Hall–Kier alpha value is -2.40. The molecule has 1 aromatic rings. The predicted octanol–water partition coefficient (Wildman–Crippen LogP) is 6.30. The number of ether oxygens (including phenoxy) is 2. The summed E-state index contributed by atoms with van der Waals surface area (Å²) in [6.45, 7) is 10.5. The van der Waals surface area contributed by atoms with E-state index in [0.29, 0.717) is 17.9 Å². The van der Waals surface area contributed by atoms with Gasteiger partial charge in [-0.25, -0.2) is 9.59 Å². The van der Waals surface area contributed by atoms with E-state index in [1.165, 1.54) is 69.4 Å². The second-order valence-corrected chi connectivity index (χ2v) is 11.0. The third-order valence-corrected chi connectivity index (χ3v) is 8.15. The Bertz CT molecular complexity index is 886. The van der Waals surface area contributed by atoms with Crippen molar-refractivity contribution in [3.05, 3.63) is 59.7 Å². The highest BCUT2D eigenvalue weighted by Gasteiger charge is 2.29. The SMILES string of the molecule is C=C(C)C(=O)OCC(CCc1ccc(C2CCC(C3CCCC3)CC2)cc1)COC(=O)C(=C)C(C)O. The standard InChI is InChI=1S/C31H44O5/c1-21(2)30(33)35-19-25(20-36-31(34)22(3)23(4)32)10-9-24-11-13-27(14-12-24)29-17-15-28(16-18-29)26-7-5-6-8-26/h11-14,23,25-26,28-29,32H,1,3,5-10,15-20H2,2,4H3. The summed E-state index contributed by atoms with van der Waals surface area (Å²) in [5.41, 5.74) is 3.01. The van der Waals surface area contributed by atoms with Crippen molar-refractivity contribution in [3.8, 4) is 0 Å². The summed E-state index contributed by atoms with van der Waals surface area (Å²) in [7, 11) is 0. The lowest BCUT2D eigenvalue weighted by Crippen LogP contribution is -2.24. The summed E-state index contributed by atoms with van der Waals surface area (Å²) in [6.07, 6.45) is 11.7. The largest absolute Gasteiger partial charge is 0.462 e. The summed E-state index contributed by atoms with van der Waals surface area (Å²) >= 11 is 0. The Labute approximate surface area is 217 Å².